The Morgan fingerprint density at radius 3 is 2.46 bits per heavy atom. The van der Waals surface area contributed by atoms with Crippen LogP contribution in [0.4, 0.5) is 4.79 Å². The van der Waals surface area contributed by atoms with E-state index in [-0.39, 0.29) is 11.4 Å². The van der Waals surface area contributed by atoms with Crippen molar-refractivity contribution in [3.05, 3.63) is 11.9 Å². The average Bonchev–Trinajstić information content (AvgIpc) is 3.14. The van der Waals surface area contributed by atoms with Crippen LogP contribution >= 0.6 is 0 Å². The summed E-state index contributed by atoms with van der Waals surface area (Å²) in [4.78, 5) is 14.0. The molecule has 3 heterocycles. The summed E-state index contributed by atoms with van der Waals surface area (Å²) in [6.07, 6.45) is 2.74. The second-order valence-corrected chi connectivity index (χ2v) is 9.10. The quantitative estimate of drug-likeness (QED) is 0.800. The van der Waals surface area contributed by atoms with E-state index >= 15 is 0 Å². The molecule has 0 spiro atoms. The van der Waals surface area contributed by atoms with Crippen molar-refractivity contribution in [2.75, 3.05) is 19.6 Å². The molecule has 9 heteroatoms. The van der Waals surface area contributed by atoms with Gasteiger partial charge in [-0.3, -0.25) is 4.68 Å². The smallest absolute Gasteiger partial charge is 0.410 e. The van der Waals surface area contributed by atoms with Gasteiger partial charge in [0.25, 0.3) is 0 Å². The second kappa shape index (κ2) is 6.03. The molecule has 1 aromatic heterocycles. The van der Waals surface area contributed by atoms with Crippen LogP contribution in [-0.4, -0.2) is 58.7 Å². The number of sulfonamides is 1. The molecule has 24 heavy (non-hydrogen) atoms. The van der Waals surface area contributed by atoms with E-state index in [1.165, 1.54) is 15.4 Å². The summed E-state index contributed by atoms with van der Waals surface area (Å²) in [5.74, 6) is 0. The monoisotopic (exact) mass is 356 g/mol. The predicted molar refractivity (Wildman–Crippen MR) is 86.9 cm³/mol. The molecule has 1 amide bonds. The van der Waals surface area contributed by atoms with Gasteiger partial charge in [-0.1, -0.05) is 0 Å². The number of nitrogens with zero attached hydrogens (tertiary/aromatic N) is 4. The van der Waals surface area contributed by atoms with Gasteiger partial charge in [0.1, 0.15) is 10.5 Å². The molecule has 134 valence electrons. The molecule has 1 saturated heterocycles. The van der Waals surface area contributed by atoms with Gasteiger partial charge in [0.2, 0.25) is 10.0 Å². The lowest BCUT2D eigenvalue weighted by atomic mass is 10.2. The van der Waals surface area contributed by atoms with E-state index in [1.807, 2.05) is 20.8 Å². The van der Waals surface area contributed by atoms with Crippen LogP contribution in [-0.2, 0) is 27.8 Å². The Kier molecular flexibility index (Phi) is 4.33. The van der Waals surface area contributed by atoms with Crippen molar-refractivity contribution in [2.24, 2.45) is 0 Å². The van der Waals surface area contributed by atoms with E-state index in [0.717, 1.165) is 12.8 Å². The molecule has 0 aromatic carbocycles. The molecule has 2 aliphatic heterocycles. The van der Waals surface area contributed by atoms with E-state index in [0.29, 0.717) is 31.9 Å². The summed E-state index contributed by atoms with van der Waals surface area (Å²) in [6.45, 7) is 7.62. The minimum absolute atomic E-state index is 0.192. The zero-order chi connectivity index (χ0) is 17.5. The Morgan fingerprint density at radius 1 is 1.17 bits per heavy atom. The number of ether oxygens (including phenoxy) is 1. The third-order valence-electron chi connectivity index (χ3n) is 4.17. The maximum atomic E-state index is 12.8. The molecule has 0 bridgehead atoms. The first kappa shape index (κ1) is 17.2. The van der Waals surface area contributed by atoms with Crippen LogP contribution in [0.5, 0.6) is 0 Å². The molecule has 1 fully saturated rings. The van der Waals surface area contributed by atoms with Crippen molar-refractivity contribution in [1.29, 1.82) is 0 Å². The molecule has 0 atom stereocenters. The van der Waals surface area contributed by atoms with E-state index < -0.39 is 21.7 Å². The van der Waals surface area contributed by atoms with Gasteiger partial charge >= 0.3 is 6.09 Å². The van der Waals surface area contributed by atoms with E-state index in [9.17, 15) is 13.2 Å². The van der Waals surface area contributed by atoms with Crippen molar-refractivity contribution in [1.82, 2.24) is 19.0 Å². The summed E-state index contributed by atoms with van der Waals surface area (Å²) in [5, 5.41) is 4.19. The van der Waals surface area contributed by atoms with Gasteiger partial charge in [0, 0.05) is 19.6 Å². The maximum Gasteiger partial charge on any atom is 0.410 e. The first-order valence-electron chi connectivity index (χ1n) is 8.21. The van der Waals surface area contributed by atoms with Gasteiger partial charge in [0.05, 0.1) is 25.0 Å². The largest absolute Gasteiger partial charge is 0.444 e. The van der Waals surface area contributed by atoms with Gasteiger partial charge in [-0.15, -0.1) is 0 Å². The Labute approximate surface area is 142 Å². The van der Waals surface area contributed by atoms with Gasteiger partial charge < -0.3 is 9.64 Å². The van der Waals surface area contributed by atoms with Crippen LogP contribution in [0.25, 0.3) is 0 Å². The van der Waals surface area contributed by atoms with Crippen LogP contribution in [0.2, 0.25) is 0 Å². The second-order valence-electron chi connectivity index (χ2n) is 7.19. The normalized spacial score (nSPS) is 19.4. The van der Waals surface area contributed by atoms with E-state index in [1.54, 1.807) is 4.68 Å². The molecule has 0 N–H and O–H groups in total. The number of hydrogen-bond acceptors (Lipinski definition) is 5. The number of rotatable bonds is 2. The minimum atomic E-state index is -3.55. The van der Waals surface area contributed by atoms with E-state index in [2.05, 4.69) is 5.10 Å². The van der Waals surface area contributed by atoms with Crippen LogP contribution in [0.15, 0.2) is 11.1 Å². The van der Waals surface area contributed by atoms with Crippen molar-refractivity contribution < 1.29 is 17.9 Å². The molecule has 0 saturated carbocycles. The topological polar surface area (TPSA) is 84.7 Å². The number of carbonyl (C=O) groups is 1. The highest BCUT2D eigenvalue weighted by Crippen LogP contribution is 2.27. The molecule has 3 rings (SSSR count). The zero-order valence-corrected chi connectivity index (χ0v) is 15.2. The fraction of sp³-hybridized carbons (Fsp3) is 0.733. The van der Waals surface area contributed by atoms with Crippen LogP contribution < -0.4 is 0 Å². The van der Waals surface area contributed by atoms with Crippen molar-refractivity contribution in [2.45, 2.75) is 57.2 Å². The van der Waals surface area contributed by atoms with Crippen LogP contribution in [0.1, 0.15) is 39.3 Å². The molecule has 0 unspecified atom stereocenters. The fourth-order valence-corrected chi connectivity index (χ4v) is 4.65. The third kappa shape index (κ3) is 3.27. The highest BCUT2D eigenvalue weighted by Gasteiger charge is 2.35. The lowest BCUT2D eigenvalue weighted by Gasteiger charge is -2.31. The summed E-state index contributed by atoms with van der Waals surface area (Å²) >= 11 is 0. The number of aromatic nitrogens is 2. The average molecular weight is 356 g/mol. The number of carbonyl (C=O) groups excluding carboxylic acids is 1. The van der Waals surface area contributed by atoms with Gasteiger partial charge in [0.15, 0.2) is 0 Å². The molecule has 0 aliphatic carbocycles. The lowest BCUT2D eigenvalue weighted by Crippen LogP contribution is -2.42. The van der Waals surface area contributed by atoms with Gasteiger partial charge in [-0.2, -0.15) is 9.40 Å². The Balaban J connectivity index is 1.84. The molecular formula is C15H24N4O4S. The number of fused-ring (bicyclic) bond motifs is 1. The first-order valence-corrected chi connectivity index (χ1v) is 9.65. The number of amides is 1. The van der Waals surface area contributed by atoms with Crippen molar-refractivity contribution >= 4 is 16.1 Å². The zero-order valence-electron chi connectivity index (χ0n) is 14.4. The molecule has 8 nitrogen and oxygen atoms in total. The Morgan fingerprint density at radius 2 is 1.83 bits per heavy atom. The number of hydrogen-bond donors (Lipinski definition) is 0. The Hall–Kier alpha value is -1.61. The van der Waals surface area contributed by atoms with Crippen molar-refractivity contribution in [3.63, 3.8) is 0 Å². The maximum absolute atomic E-state index is 12.8. The van der Waals surface area contributed by atoms with Crippen LogP contribution in [0.3, 0.4) is 0 Å². The van der Waals surface area contributed by atoms with Crippen molar-refractivity contribution in [3.8, 4) is 0 Å². The summed E-state index contributed by atoms with van der Waals surface area (Å²) in [5.41, 5.74) is -0.0295. The molecule has 0 radical (unpaired) electrons. The summed E-state index contributed by atoms with van der Waals surface area (Å²) < 4.78 is 34.2. The Bertz CT molecular complexity index is 729. The lowest BCUT2D eigenvalue weighted by molar-refractivity contribution is 0.0192. The summed E-state index contributed by atoms with van der Waals surface area (Å²) in [6, 6.07) is 0. The van der Waals surface area contributed by atoms with Gasteiger partial charge in [-0.05, 0) is 33.6 Å². The molecule has 2 aliphatic rings. The SMILES string of the molecule is CC(C)(C)OC(=O)N1CCn2ncc(S(=O)(=O)N3CCCC3)c2C1. The first-order chi connectivity index (χ1) is 11.2. The fourth-order valence-electron chi connectivity index (χ4n) is 2.99. The minimum Gasteiger partial charge on any atom is -0.444 e. The third-order valence-corrected chi connectivity index (χ3v) is 6.11. The van der Waals surface area contributed by atoms with Gasteiger partial charge in [-0.25, -0.2) is 13.2 Å². The standard InChI is InChI=1S/C15H24N4O4S/c1-15(2,3)23-14(20)17-8-9-19-12(11-17)13(10-16-19)24(21,22)18-6-4-5-7-18/h10H,4-9,11H2,1-3H3. The van der Waals surface area contributed by atoms with Crippen LogP contribution in [0, 0.1) is 0 Å². The highest BCUT2D eigenvalue weighted by atomic mass is 32.2. The molecular weight excluding hydrogens is 332 g/mol. The highest BCUT2D eigenvalue weighted by molar-refractivity contribution is 7.89. The molecule has 1 aromatic rings. The predicted octanol–water partition coefficient (Wildman–Crippen LogP) is 1.42. The van der Waals surface area contributed by atoms with E-state index in [4.69, 9.17) is 4.74 Å². The summed E-state index contributed by atoms with van der Waals surface area (Å²) in [7, 11) is -3.55.